The average molecular weight is 280 g/mol. The molecule has 0 bridgehead atoms. The van der Waals surface area contributed by atoms with Gasteiger partial charge in [0.05, 0.1) is 18.0 Å². The molecule has 0 saturated carbocycles. The molecule has 1 atom stereocenters. The highest BCUT2D eigenvalue weighted by atomic mass is 79.9. The summed E-state index contributed by atoms with van der Waals surface area (Å²) in [5, 5.41) is 0. The van der Waals surface area contributed by atoms with Crippen LogP contribution in [0.4, 0.5) is 0 Å². The first-order valence-electron chi connectivity index (χ1n) is 5.25. The van der Waals surface area contributed by atoms with Crippen LogP contribution < -0.4 is 0 Å². The zero-order valence-electron chi connectivity index (χ0n) is 9.08. The Kier molecular flexibility index (Phi) is 6.20. The fraction of sp³-hybridized carbons (Fsp3) is 0.900. The molecule has 88 valence electrons. The van der Waals surface area contributed by atoms with Crippen LogP contribution in [0.3, 0.4) is 0 Å². The lowest BCUT2D eigenvalue weighted by Gasteiger charge is -2.15. The van der Waals surface area contributed by atoms with Gasteiger partial charge in [-0.2, -0.15) is 0 Å². The first kappa shape index (κ1) is 12.9. The Morgan fingerprint density at radius 3 is 2.87 bits per heavy atom. The smallest absolute Gasteiger partial charge is 0.236 e. The summed E-state index contributed by atoms with van der Waals surface area (Å²) in [6.45, 7) is 3.62. The average Bonchev–Trinajstić information content (AvgIpc) is 2.54. The number of rotatable bonds is 7. The van der Waals surface area contributed by atoms with Crippen LogP contribution >= 0.6 is 15.9 Å². The molecule has 1 saturated heterocycles. The van der Waals surface area contributed by atoms with Gasteiger partial charge < -0.3 is 14.4 Å². The number of ether oxygens (including phenoxy) is 2. The quantitative estimate of drug-likeness (QED) is 0.516. The van der Waals surface area contributed by atoms with Gasteiger partial charge in [0, 0.05) is 26.8 Å². The Balaban J connectivity index is 1.98. The molecule has 5 heteroatoms. The Bertz CT molecular complexity index is 201. The molecule has 1 amide bonds. The van der Waals surface area contributed by atoms with Gasteiger partial charge in [0.15, 0.2) is 0 Å². The van der Waals surface area contributed by atoms with Crippen molar-refractivity contribution in [2.75, 3.05) is 40.0 Å². The third-order valence-electron chi connectivity index (χ3n) is 2.38. The van der Waals surface area contributed by atoms with Crippen molar-refractivity contribution in [3.8, 4) is 0 Å². The summed E-state index contributed by atoms with van der Waals surface area (Å²) in [4.78, 5) is 13.4. The Morgan fingerprint density at radius 1 is 1.47 bits per heavy atom. The molecule has 0 aromatic carbocycles. The standard InChI is InChI=1S/C10H18BrNO3/c1-14-7-8-15-6-2-4-12-5-3-9(11)10(12)13/h9H,2-8H2,1H3. The van der Waals surface area contributed by atoms with Crippen molar-refractivity contribution in [2.45, 2.75) is 17.7 Å². The van der Waals surface area contributed by atoms with Gasteiger partial charge in [-0.25, -0.2) is 0 Å². The minimum atomic E-state index is 0.0342. The Morgan fingerprint density at radius 2 is 2.27 bits per heavy atom. The molecule has 0 aliphatic carbocycles. The number of alkyl halides is 1. The van der Waals surface area contributed by atoms with Gasteiger partial charge in [-0.3, -0.25) is 4.79 Å². The number of halogens is 1. The van der Waals surface area contributed by atoms with Gasteiger partial charge in [-0.1, -0.05) is 15.9 Å². The van der Waals surface area contributed by atoms with Crippen LogP contribution in [0.15, 0.2) is 0 Å². The molecule has 0 spiro atoms. The molecule has 15 heavy (non-hydrogen) atoms. The second-order valence-corrected chi connectivity index (χ2v) is 4.65. The van der Waals surface area contributed by atoms with Crippen molar-refractivity contribution >= 4 is 21.8 Å². The fourth-order valence-corrected chi connectivity index (χ4v) is 2.02. The molecular formula is C10H18BrNO3. The van der Waals surface area contributed by atoms with Crippen molar-refractivity contribution in [1.82, 2.24) is 4.90 Å². The van der Waals surface area contributed by atoms with Crippen LogP contribution in [-0.2, 0) is 14.3 Å². The van der Waals surface area contributed by atoms with Crippen LogP contribution in [0.5, 0.6) is 0 Å². The van der Waals surface area contributed by atoms with Crippen molar-refractivity contribution in [3.05, 3.63) is 0 Å². The highest BCUT2D eigenvalue weighted by molar-refractivity contribution is 9.10. The molecule has 1 fully saturated rings. The monoisotopic (exact) mass is 279 g/mol. The predicted octanol–water partition coefficient (Wildman–Crippen LogP) is 1.04. The summed E-state index contributed by atoms with van der Waals surface area (Å²) in [5.74, 6) is 0.215. The summed E-state index contributed by atoms with van der Waals surface area (Å²) >= 11 is 3.35. The normalized spacial score (nSPS) is 21.3. The minimum Gasteiger partial charge on any atom is -0.382 e. The molecule has 0 N–H and O–H groups in total. The largest absolute Gasteiger partial charge is 0.382 e. The first-order valence-corrected chi connectivity index (χ1v) is 6.17. The van der Waals surface area contributed by atoms with E-state index >= 15 is 0 Å². The van der Waals surface area contributed by atoms with E-state index in [1.54, 1.807) is 7.11 Å². The zero-order chi connectivity index (χ0) is 11.1. The van der Waals surface area contributed by atoms with Crippen LogP contribution in [0.25, 0.3) is 0 Å². The molecule has 0 aromatic rings. The summed E-state index contributed by atoms with van der Waals surface area (Å²) in [7, 11) is 1.66. The van der Waals surface area contributed by atoms with Crippen molar-refractivity contribution < 1.29 is 14.3 Å². The van der Waals surface area contributed by atoms with E-state index in [2.05, 4.69) is 15.9 Å². The highest BCUT2D eigenvalue weighted by Gasteiger charge is 2.28. The molecule has 0 radical (unpaired) electrons. The number of methoxy groups -OCH3 is 1. The second-order valence-electron chi connectivity index (χ2n) is 3.54. The van der Waals surface area contributed by atoms with E-state index in [0.29, 0.717) is 19.8 Å². The van der Waals surface area contributed by atoms with Crippen molar-refractivity contribution in [1.29, 1.82) is 0 Å². The first-order chi connectivity index (χ1) is 7.25. The molecule has 1 heterocycles. The van der Waals surface area contributed by atoms with E-state index in [9.17, 15) is 4.79 Å². The molecule has 1 aliphatic rings. The Hall–Kier alpha value is -0.130. The maximum atomic E-state index is 11.5. The number of carbonyl (C=O) groups excluding carboxylic acids is 1. The fourth-order valence-electron chi connectivity index (χ4n) is 1.52. The lowest BCUT2D eigenvalue weighted by Crippen LogP contribution is -2.29. The molecule has 1 unspecified atom stereocenters. The van der Waals surface area contributed by atoms with E-state index in [-0.39, 0.29) is 10.7 Å². The van der Waals surface area contributed by atoms with Crippen LogP contribution in [-0.4, -0.2) is 55.7 Å². The van der Waals surface area contributed by atoms with Gasteiger partial charge in [-0.15, -0.1) is 0 Å². The van der Waals surface area contributed by atoms with Crippen LogP contribution in [0.2, 0.25) is 0 Å². The van der Waals surface area contributed by atoms with Gasteiger partial charge in [0.2, 0.25) is 5.91 Å². The van der Waals surface area contributed by atoms with Gasteiger partial charge in [0.25, 0.3) is 0 Å². The van der Waals surface area contributed by atoms with Crippen LogP contribution in [0, 0.1) is 0 Å². The maximum Gasteiger partial charge on any atom is 0.236 e. The molecular weight excluding hydrogens is 262 g/mol. The number of amides is 1. The van der Waals surface area contributed by atoms with Crippen molar-refractivity contribution in [3.63, 3.8) is 0 Å². The number of carbonyl (C=O) groups is 1. The van der Waals surface area contributed by atoms with E-state index in [1.807, 2.05) is 4.90 Å². The summed E-state index contributed by atoms with van der Waals surface area (Å²) in [6, 6.07) is 0. The molecule has 4 nitrogen and oxygen atoms in total. The van der Waals surface area contributed by atoms with E-state index in [4.69, 9.17) is 9.47 Å². The summed E-state index contributed by atoms with van der Waals surface area (Å²) in [6.07, 6.45) is 1.82. The number of hydrogen-bond donors (Lipinski definition) is 0. The van der Waals surface area contributed by atoms with E-state index < -0.39 is 0 Å². The van der Waals surface area contributed by atoms with Crippen molar-refractivity contribution in [2.24, 2.45) is 0 Å². The third-order valence-corrected chi connectivity index (χ3v) is 3.23. The zero-order valence-corrected chi connectivity index (χ0v) is 10.7. The molecule has 1 rings (SSSR count). The summed E-state index contributed by atoms with van der Waals surface area (Å²) < 4.78 is 10.2. The van der Waals surface area contributed by atoms with Crippen LogP contribution in [0.1, 0.15) is 12.8 Å². The van der Waals surface area contributed by atoms with Gasteiger partial charge >= 0.3 is 0 Å². The van der Waals surface area contributed by atoms with Gasteiger partial charge in [0.1, 0.15) is 0 Å². The minimum absolute atomic E-state index is 0.0342. The van der Waals surface area contributed by atoms with E-state index in [0.717, 1.165) is 25.9 Å². The third kappa shape index (κ3) is 4.49. The molecule has 0 aromatic heterocycles. The van der Waals surface area contributed by atoms with Gasteiger partial charge in [-0.05, 0) is 12.8 Å². The van der Waals surface area contributed by atoms with E-state index in [1.165, 1.54) is 0 Å². The highest BCUT2D eigenvalue weighted by Crippen LogP contribution is 2.18. The second kappa shape index (κ2) is 7.19. The topological polar surface area (TPSA) is 38.8 Å². The molecule has 1 aliphatic heterocycles. The lowest BCUT2D eigenvalue weighted by molar-refractivity contribution is -0.127. The Labute approximate surface area is 99.0 Å². The predicted molar refractivity (Wildman–Crippen MR) is 61.2 cm³/mol. The summed E-state index contributed by atoms with van der Waals surface area (Å²) in [5.41, 5.74) is 0. The number of nitrogens with zero attached hydrogens (tertiary/aromatic N) is 1. The number of likely N-dealkylation sites (tertiary alicyclic amines) is 1. The number of hydrogen-bond acceptors (Lipinski definition) is 3. The lowest BCUT2D eigenvalue weighted by atomic mass is 10.4. The SMILES string of the molecule is COCCOCCCN1CCC(Br)C1=O. The maximum absolute atomic E-state index is 11.5.